The third-order valence-electron chi connectivity index (χ3n) is 4.06. The second-order valence-electron chi connectivity index (χ2n) is 5.44. The molecule has 3 nitrogen and oxygen atoms in total. The first kappa shape index (κ1) is 14.4. The van der Waals surface area contributed by atoms with Gasteiger partial charge in [0, 0.05) is 12.6 Å². The minimum Gasteiger partial charge on any atom is -0.497 e. The van der Waals surface area contributed by atoms with Crippen LogP contribution >= 0.6 is 0 Å². The minimum absolute atomic E-state index is 0.775. The molecule has 1 aromatic rings. The van der Waals surface area contributed by atoms with E-state index < -0.39 is 0 Å². The highest BCUT2D eigenvalue weighted by atomic mass is 16.5. The normalized spacial score (nSPS) is 20.4. The van der Waals surface area contributed by atoms with Gasteiger partial charge in [0.15, 0.2) is 0 Å². The van der Waals surface area contributed by atoms with Gasteiger partial charge in [-0.2, -0.15) is 0 Å². The van der Waals surface area contributed by atoms with Crippen molar-refractivity contribution in [3.05, 3.63) is 29.8 Å². The highest BCUT2D eigenvalue weighted by Gasteiger charge is 2.17. The number of ether oxygens (including phenoxy) is 1. The second-order valence-corrected chi connectivity index (χ2v) is 5.44. The topological polar surface area (TPSA) is 24.5 Å². The molecule has 1 atom stereocenters. The van der Waals surface area contributed by atoms with Crippen LogP contribution in [0, 0.1) is 0 Å². The van der Waals surface area contributed by atoms with Crippen molar-refractivity contribution < 1.29 is 4.74 Å². The molecule has 0 amide bonds. The average Bonchev–Trinajstić information content (AvgIpc) is 2.46. The van der Waals surface area contributed by atoms with E-state index in [0.717, 1.165) is 24.9 Å². The number of hydrogen-bond donors (Lipinski definition) is 1. The van der Waals surface area contributed by atoms with Crippen LogP contribution in [-0.2, 0) is 6.54 Å². The molecule has 1 aliphatic heterocycles. The maximum Gasteiger partial charge on any atom is 0.118 e. The van der Waals surface area contributed by atoms with Crippen LogP contribution in [0.5, 0.6) is 5.75 Å². The lowest BCUT2D eigenvalue weighted by atomic mass is 10.0. The molecule has 1 aliphatic rings. The van der Waals surface area contributed by atoms with Crippen molar-refractivity contribution in [1.29, 1.82) is 0 Å². The van der Waals surface area contributed by atoms with Crippen LogP contribution in [0.3, 0.4) is 0 Å². The molecule has 0 aliphatic carbocycles. The minimum atomic E-state index is 0.775. The zero-order valence-corrected chi connectivity index (χ0v) is 12.2. The number of likely N-dealkylation sites (tertiary alicyclic amines) is 1. The third kappa shape index (κ3) is 4.51. The molecule has 19 heavy (non-hydrogen) atoms. The van der Waals surface area contributed by atoms with Gasteiger partial charge in [-0.3, -0.25) is 0 Å². The summed E-state index contributed by atoms with van der Waals surface area (Å²) >= 11 is 0. The molecule has 1 unspecified atom stereocenters. The number of hydrogen-bond acceptors (Lipinski definition) is 3. The lowest BCUT2D eigenvalue weighted by molar-refractivity contribution is 0.175. The Hall–Kier alpha value is -1.06. The Morgan fingerprint density at radius 2 is 2.05 bits per heavy atom. The first-order valence-corrected chi connectivity index (χ1v) is 7.33. The molecule has 1 fully saturated rings. The summed E-state index contributed by atoms with van der Waals surface area (Å²) in [7, 11) is 3.96. The van der Waals surface area contributed by atoms with Crippen LogP contribution in [-0.4, -0.2) is 38.2 Å². The van der Waals surface area contributed by atoms with E-state index in [-0.39, 0.29) is 0 Å². The Bertz CT molecular complexity index is 364. The lowest BCUT2D eigenvalue weighted by Crippen LogP contribution is -2.38. The molecular weight excluding hydrogens is 236 g/mol. The van der Waals surface area contributed by atoms with Gasteiger partial charge in [-0.25, -0.2) is 0 Å². The molecule has 1 heterocycles. The van der Waals surface area contributed by atoms with Crippen LogP contribution in [0.4, 0.5) is 0 Å². The van der Waals surface area contributed by atoms with Gasteiger partial charge in [-0.15, -0.1) is 0 Å². The van der Waals surface area contributed by atoms with Crippen LogP contribution in [0.1, 0.15) is 31.2 Å². The van der Waals surface area contributed by atoms with Crippen LogP contribution < -0.4 is 10.1 Å². The zero-order chi connectivity index (χ0) is 13.5. The highest BCUT2D eigenvalue weighted by molar-refractivity contribution is 5.26. The van der Waals surface area contributed by atoms with Gasteiger partial charge in [-0.05, 0) is 57.1 Å². The van der Waals surface area contributed by atoms with Crippen molar-refractivity contribution in [3.63, 3.8) is 0 Å². The number of methoxy groups -OCH3 is 1. The van der Waals surface area contributed by atoms with E-state index in [1.807, 2.05) is 12.1 Å². The predicted molar refractivity (Wildman–Crippen MR) is 79.6 cm³/mol. The summed E-state index contributed by atoms with van der Waals surface area (Å²) in [5.41, 5.74) is 1.32. The van der Waals surface area contributed by atoms with Gasteiger partial charge in [0.05, 0.1) is 7.11 Å². The molecule has 0 saturated carbocycles. The van der Waals surface area contributed by atoms with Crippen LogP contribution in [0.25, 0.3) is 0 Å². The van der Waals surface area contributed by atoms with Gasteiger partial charge in [0.25, 0.3) is 0 Å². The Kier molecular flexibility index (Phi) is 5.67. The molecule has 0 spiro atoms. The average molecular weight is 262 g/mol. The first-order chi connectivity index (χ1) is 9.29. The largest absolute Gasteiger partial charge is 0.497 e. The summed E-state index contributed by atoms with van der Waals surface area (Å²) in [5.74, 6) is 0.924. The standard InChI is InChI=1S/C16H26N2O/c1-18-12-4-3-5-15(18)10-11-17-13-14-6-8-16(19-2)9-7-14/h6-9,15,17H,3-5,10-13H2,1-2H3. The summed E-state index contributed by atoms with van der Waals surface area (Å²) in [6.45, 7) is 3.31. The Morgan fingerprint density at radius 1 is 1.26 bits per heavy atom. The smallest absolute Gasteiger partial charge is 0.118 e. The van der Waals surface area contributed by atoms with Gasteiger partial charge >= 0.3 is 0 Å². The molecule has 0 bridgehead atoms. The molecule has 106 valence electrons. The third-order valence-corrected chi connectivity index (χ3v) is 4.06. The number of benzene rings is 1. The maximum atomic E-state index is 5.16. The number of nitrogens with zero attached hydrogens (tertiary/aromatic N) is 1. The van der Waals surface area contributed by atoms with Gasteiger partial charge in [0.2, 0.25) is 0 Å². The van der Waals surface area contributed by atoms with Gasteiger partial charge in [0.1, 0.15) is 5.75 Å². The van der Waals surface area contributed by atoms with Crippen molar-refractivity contribution in [2.24, 2.45) is 0 Å². The Labute approximate surface area is 116 Å². The van der Waals surface area contributed by atoms with Gasteiger partial charge < -0.3 is 15.0 Å². The molecule has 0 aromatic heterocycles. The molecule has 0 radical (unpaired) electrons. The monoisotopic (exact) mass is 262 g/mol. The maximum absolute atomic E-state index is 5.16. The summed E-state index contributed by atoms with van der Waals surface area (Å²) in [4.78, 5) is 2.51. The van der Waals surface area contributed by atoms with Crippen LogP contribution in [0.15, 0.2) is 24.3 Å². The number of rotatable bonds is 6. The van der Waals surface area contributed by atoms with Crippen molar-refractivity contribution in [3.8, 4) is 5.75 Å². The number of piperidine rings is 1. The zero-order valence-electron chi connectivity index (χ0n) is 12.2. The fourth-order valence-electron chi connectivity index (χ4n) is 2.75. The fourth-order valence-corrected chi connectivity index (χ4v) is 2.75. The lowest BCUT2D eigenvalue weighted by Gasteiger charge is -2.32. The molecule has 1 aromatic carbocycles. The number of nitrogens with one attached hydrogen (secondary N) is 1. The summed E-state index contributed by atoms with van der Waals surface area (Å²) < 4.78 is 5.16. The molecule has 2 rings (SSSR count). The van der Waals surface area contributed by atoms with E-state index in [1.54, 1.807) is 7.11 Å². The van der Waals surface area contributed by atoms with E-state index in [0.29, 0.717) is 0 Å². The Balaban J connectivity index is 1.65. The SMILES string of the molecule is COc1ccc(CNCCC2CCCCN2C)cc1. The first-order valence-electron chi connectivity index (χ1n) is 7.33. The predicted octanol–water partition coefficient (Wildman–Crippen LogP) is 2.66. The fraction of sp³-hybridized carbons (Fsp3) is 0.625. The molecule has 1 saturated heterocycles. The van der Waals surface area contributed by atoms with Crippen molar-refractivity contribution in [1.82, 2.24) is 10.2 Å². The summed E-state index contributed by atoms with van der Waals surface area (Å²) in [5, 5.41) is 3.54. The van der Waals surface area contributed by atoms with E-state index in [1.165, 1.54) is 37.8 Å². The summed E-state index contributed by atoms with van der Waals surface area (Å²) in [6.07, 6.45) is 5.38. The molecule has 3 heteroatoms. The molecule has 1 N–H and O–H groups in total. The van der Waals surface area contributed by atoms with Crippen molar-refractivity contribution in [2.45, 2.75) is 38.3 Å². The van der Waals surface area contributed by atoms with Crippen molar-refractivity contribution >= 4 is 0 Å². The quantitative estimate of drug-likeness (QED) is 0.798. The van der Waals surface area contributed by atoms with E-state index >= 15 is 0 Å². The molecular formula is C16H26N2O. The highest BCUT2D eigenvalue weighted by Crippen LogP contribution is 2.17. The van der Waals surface area contributed by atoms with Crippen molar-refractivity contribution in [2.75, 3.05) is 27.2 Å². The second kappa shape index (κ2) is 7.51. The Morgan fingerprint density at radius 3 is 2.74 bits per heavy atom. The van der Waals surface area contributed by atoms with E-state index in [2.05, 4.69) is 29.4 Å². The van der Waals surface area contributed by atoms with Gasteiger partial charge in [-0.1, -0.05) is 18.6 Å². The summed E-state index contributed by atoms with van der Waals surface area (Å²) in [6, 6.07) is 9.06. The van der Waals surface area contributed by atoms with E-state index in [4.69, 9.17) is 4.74 Å². The van der Waals surface area contributed by atoms with Crippen LogP contribution in [0.2, 0.25) is 0 Å². The van der Waals surface area contributed by atoms with E-state index in [9.17, 15) is 0 Å².